The van der Waals surface area contributed by atoms with Gasteiger partial charge in [-0.1, -0.05) is 0 Å². The Morgan fingerprint density at radius 1 is 1.44 bits per heavy atom. The van der Waals surface area contributed by atoms with Gasteiger partial charge in [-0.05, 0) is 20.8 Å². The second-order valence-electron chi connectivity index (χ2n) is 3.91. The zero-order valence-corrected chi connectivity index (χ0v) is 10.6. The van der Waals surface area contributed by atoms with E-state index >= 15 is 0 Å². The summed E-state index contributed by atoms with van der Waals surface area (Å²) in [7, 11) is 1.36. The number of aliphatic hydroxyl groups is 1. The molecule has 5 nitrogen and oxygen atoms in total. The molecule has 5 heteroatoms. The predicted molar refractivity (Wildman–Crippen MR) is 61.2 cm³/mol. The van der Waals surface area contributed by atoms with Gasteiger partial charge < -0.3 is 14.6 Å². The summed E-state index contributed by atoms with van der Waals surface area (Å²) in [5.74, 6) is -0.294. The van der Waals surface area contributed by atoms with Gasteiger partial charge in [0.25, 0.3) is 0 Å². The van der Waals surface area contributed by atoms with Crippen molar-refractivity contribution in [3.05, 3.63) is 0 Å². The van der Waals surface area contributed by atoms with E-state index in [4.69, 9.17) is 4.74 Å². The summed E-state index contributed by atoms with van der Waals surface area (Å²) in [4.78, 5) is 13.0. The average Bonchev–Trinajstić information content (AvgIpc) is 2.24. The number of ether oxygens (including phenoxy) is 2. The topological polar surface area (TPSA) is 59.0 Å². The quantitative estimate of drug-likeness (QED) is 0.610. The molecule has 0 aliphatic carbocycles. The molecule has 0 aromatic heterocycles. The molecule has 0 aliphatic rings. The molecule has 0 heterocycles. The molecular weight excluding hydrogens is 210 g/mol. The second kappa shape index (κ2) is 8.50. The van der Waals surface area contributed by atoms with E-state index in [0.29, 0.717) is 19.8 Å². The van der Waals surface area contributed by atoms with Gasteiger partial charge in [-0.3, -0.25) is 9.69 Å². The van der Waals surface area contributed by atoms with Crippen molar-refractivity contribution in [2.75, 3.05) is 33.4 Å². The van der Waals surface area contributed by atoms with Gasteiger partial charge in [0.05, 0.1) is 26.4 Å². The van der Waals surface area contributed by atoms with Gasteiger partial charge in [-0.2, -0.15) is 0 Å². The first kappa shape index (κ1) is 15.3. The Hall–Kier alpha value is -0.650. The van der Waals surface area contributed by atoms with Crippen LogP contribution in [0, 0.1) is 0 Å². The molecule has 0 amide bonds. The maximum atomic E-state index is 11.1. The van der Waals surface area contributed by atoms with Crippen LogP contribution in [0.3, 0.4) is 0 Å². The van der Waals surface area contributed by atoms with Crippen molar-refractivity contribution >= 4 is 5.97 Å². The lowest BCUT2D eigenvalue weighted by Crippen LogP contribution is -2.42. The third-order valence-electron chi connectivity index (χ3n) is 2.25. The lowest BCUT2D eigenvalue weighted by molar-refractivity contribution is -0.142. The van der Waals surface area contributed by atoms with Crippen molar-refractivity contribution in [1.82, 2.24) is 4.90 Å². The third-order valence-corrected chi connectivity index (χ3v) is 2.25. The highest BCUT2D eigenvalue weighted by molar-refractivity contribution is 5.71. The lowest BCUT2D eigenvalue weighted by Gasteiger charge is -2.27. The molecule has 0 saturated heterocycles. The fraction of sp³-hybridized carbons (Fsp3) is 0.909. The number of carbonyl (C=O) groups excluding carboxylic acids is 1. The molecule has 0 radical (unpaired) electrons. The monoisotopic (exact) mass is 233 g/mol. The van der Waals surface area contributed by atoms with Gasteiger partial charge in [0.1, 0.15) is 0 Å². The molecule has 0 bridgehead atoms. The van der Waals surface area contributed by atoms with E-state index in [1.54, 1.807) is 0 Å². The first-order valence-corrected chi connectivity index (χ1v) is 5.57. The summed E-state index contributed by atoms with van der Waals surface area (Å²) in [5.41, 5.74) is 0. The van der Waals surface area contributed by atoms with Crippen molar-refractivity contribution in [3.8, 4) is 0 Å². The molecule has 0 rings (SSSR count). The van der Waals surface area contributed by atoms with Crippen molar-refractivity contribution in [1.29, 1.82) is 0 Å². The van der Waals surface area contributed by atoms with E-state index in [2.05, 4.69) is 4.74 Å². The largest absolute Gasteiger partial charge is 0.468 e. The third kappa shape index (κ3) is 6.76. The van der Waals surface area contributed by atoms with E-state index < -0.39 is 6.10 Å². The number of carbonyl (C=O) groups is 1. The molecule has 1 atom stereocenters. The number of aliphatic hydroxyl groups excluding tert-OH is 1. The number of hydrogen-bond acceptors (Lipinski definition) is 5. The fourth-order valence-electron chi connectivity index (χ4n) is 1.27. The first-order chi connectivity index (χ1) is 7.51. The van der Waals surface area contributed by atoms with Crippen LogP contribution in [0.4, 0.5) is 0 Å². The minimum atomic E-state index is -0.577. The number of nitrogens with zero attached hydrogens (tertiary/aromatic N) is 1. The Balaban J connectivity index is 4.06. The number of methoxy groups -OCH3 is 1. The molecule has 0 fully saturated rings. The highest BCUT2D eigenvalue weighted by Crippen LogP contribution is 2.01. The Labute approximate surface area is 97.3 Å². The Kier molecular flexibility index (Phi) is 8.15. The number of hydrogen-bond donors (Lipinski definition) is 1. The van der Waals surface area contributed by atoms with E-state index in [-0.39, 0.29) is 18.6 Å². The molecule has 96 valence electrons. The molecule has 0 aromatic rings. The van der Waals surface area contributed by atoms with Gasteiger partial charge in [-0.25, -0.2) is 0 Å². The van der Waals surface area contributed by atoms with Crippen molar-refractivity contribution in [2.45, 2.75) is 32.9 Å². The summed E-state index contributed by atoms with van der Waals surface area (Å²) in [5, 5.41) is 9.67. The van der Waals surface area contributed by atoms with Crippen LogP contribution in [-0.4, -0.2) is 61.5 Å². The van der Waals surface area contributed by atoms with Crippen LogP contribution in [0.1, 0.15) is 20.8 Å². The SMILES string of the molecule is CCOCC(O)CN(CC(=O)OC)C(C)C. The Morgan fingerprint density at radius 3 is 2.50 bits per heavy atom. The molecular formula is C11H23NO4. The normalized spacial score (nSPS) is 13.2. The van der Waals surface area contributed by atoms with Crippen molar-refractivity contribution < 1.29 is 19.4 Å². The summed E-state index contributed by atoms with van der Waals surface area (Å²) in [6.07, 6.45) is -0.577. The molecule has 0 spiro atoms. The average molecular weight is 233 g/mol. The van der Waals surface area contributed by atoms with E-state index in [0.717, 1.165) is 0 Å². The van der Waals surface area contributed by atoms with Gasteiger partial charge in [-0.15, -0.1) is 0 Å². The zero-order chi connectivity index (χ0) is 12.6. The van der Waals surface area contributed by atoms with Crippen LogP contribution < -0.4 is 0 Å². The Bertz CT molecular complexity index is 196. The zero-order valence-electron chi connectivity index (χ0n) is 10.6. The van der Waals surface area contributed by atoms with Crippen molar-refractivity contribution in [2.24, 2.45) is 0 Å². The van der Waals surface area contributed by atoms with Gasteiger partial charge in [0.2, 0.25) is 0 Å². The van der Waals surface area contributed by atoms with Crippen LogP contribution in [0.15, 0.2) is 0 Å². The van der Waals surface area contributed by atoms with Gasteiger partial charge in [0, 0.05) is 19.2 Å². The molecule has 1 unspecified atom stereocenters. The van der Waals surface area contributed by atoms with Crippen molar-refractivity contribution in [3.63, 3.8) is 0 Å². The van der Waals surface area contributed by atoms with Gasteiger partial charge >= 0.3 is 5.97 Å². The first-order valence-electron chi connectivity index (χ1n) is 5.57. The van der Waals surface area contributed by atoms with E-state index in [1.807, 2.05) is 25.7 Å². The summed E-state index contributed by atoms with van der Waals surface area (Å²) >= 11 is 0. The van der Waals surface area contributed by atoms with Gasteiger partial charge in [0.15, 0.2) is 0 Å². The molecule has 0 saturated carbocycles. The maximum absolute atomic E-state index is 11.1. The number of esters is 1. The standard InChI is InChI=1S/C11H23NO4/c1-5-16-8-10(13)6-12(9(2)3)7-11(14)15-4/h9-10,13H,5-8H2,1-4H3. The fourth-order valence-corrected chi connectivity index (χ4v) is 1.27. The molecule has 0 aliphatic heterocycles. The maximum Gasteiger partial charge on any atom is 0.319 e. The van der Waals surface area contributed by atoms with Crippen LogP contribution >= 0.6 is 0 Å². The number of rotatable bonds is 8. The van der Waals surface area contributed by atoms with Crippen LogP contribution in [0.25, 0.3) is 0 Å². The molecule has 1 N–H and O–H groups in total. The molecule has 0 aromatic carbocycles. The summed E-state index contributed by atoms with van der Waals surface area (Å²) < 4.78 is 9.71. The lowest BCUT2D eigenvalue weighted by atomic mass is 10.2. The Morgan fingerprint density at radius 2 is 2.06 bits per heavy atom. The van der Waals surface area contributed by atoms with E-state index in [1.165, 1.54) is 7.11 Å². The smallest absolute Gasteiger partial charge is 0.319 e. The minimum absolute atomic E-state index is 0.176. The second-order valence-corrected chi connectivity index (χ2v) is 3.91. The van der Waals surface area contributed by atoms with Crippen LogP contribution in [0.2, 0.25) is 0 Å². The van der Waals surface area contributed by atoms with Crippen LogP contribution in [-0.2, 0) is 14.3 Å². The summed E-state index contributed by atoms with van der Waals surface area (Å²) in [6, 6.07) is 0.176. The van der Waals surface area contributed by atoms with Crippen LogP contribution in [0.5, 0.6) is 0 Å². The van der Waals surface area contributed by atoms with E-state index in [9.17, 15) is 9.90 Å². The highest BCUT2D eigenvalue weighted by Gasteiger charge is 2.18. The minimum Gasteiger partial charge on any atom is -0.468 e. The predicted octanol–water partition coefficient (Wildman–Crippen LogP) is 0.267. The highest BCUT2D eigenvalue weighted by atomic mass is 16.5. The summed E-state index contributed by atoms with van der Waals surface area (Å²) in [6.45, 7) is 7.29. The molecule has 16 heavy (non-hydrogen) atoms.